The van der Waals surface area contributed by atoms with E-state index < -0.39 is 0 Å². The van der Waals surface area contributed by atoms with Crippen LogP contribution < -0.4 is 9.64 Å². The van der Waals surface area contributed by atoms with Crippen molar-refractivity contribution >= 4 is 16.9 Å². The fourth-order valence-corrected chi connectivity index (χ4v) is 3.54. The van der Waals surface area contributed by atoms with Crippen LogP contribution in [0.15, 0.2) is 60.8 Å². The maximum absolute atomic E-state index is 5.53. The summed E-state index contributed by atoms with van der Waals surface area (Å²) in [6.45, 7) is 2.97. The summed E-state index contributed by atoms with van der Waals surface area (Å²) in [5.74, 6) is 2.36. The SMILES string of the molecule is COc1ccc(-c2nc(N3CCOCC3)c3cnn(-c4ccccc4)c3n2)cc1. The van der Waals surface area contributed by atoms with Gasteiger partial charge in [-0.15, -0.1) is 0 Å². The first kappa shape index (κ1) is 17.6. The molecule has 0 saturated carbocycles. The molecule has 1 aliphatic heterocycles. The Morgan fingerprint density at radius 2 is 1.69 bits per heavy atom. The van der Waals surface area contributed by atoms with E-state index in [2.05, 4.69) is 10.00 Å². The minimum Gasteiger partial charge on any atom is -0.497 e. The summed E-state index contributed by atoms with van der Waals surface area (Å²) in [5, 5.41) is 5.56. The van der Waals surface area contributed by atoms with Crippen LogP contribution in [0.2, 0.25) is 0 Å². The smallest absolute Gasteiger partial charge is 0.169 e. The summed E-state index contributed by atoms with van der Waals surface area (Å²) in [4.78, 5) is 12.1. The Morgan fingerprint density at radius 1 is 0.931 bits per heavy atom. The van der Waals surface area contributed by atoms with Crippen molar-refractivity contribution < 1.29 is 9.47 Å². The van der Waals surface area contributed by atoms with Gasteiger partial charge in [0.25, 0.3) is 0 Å². The minimum absolute atomic E-state index is 0.666. The molecule has 0 aliphatic carbocycles. The number of para-hydroxylation sites is 1. The first-order valence-corrected chi connectivity index (χ1v) is 9.62. The summed E-state index contributed by atoms with van der Waals surface area (Å²) >= 11 is 0. The predicted molar refractivity (Wildman–Crippen MR) is 112 cm³/mol. The van der Waals surface area contributed by atoms with Gasteiger partial charge in [0.1, 0.15) is 11.6 Å². The number of hydrogen-bond acceptors (Lipinski definition) is 6. The van der Waals surface area contributed by atoms with Gasteiger partial charge in [-0.2, -0.15) is 5.10 Å². The van der Waals surface area contributed by atoms with E-state index in [1.54, 1.807) is 7.11 Å². The Labute approximate surface area is 168 Å². The average Bonchev–Trinajstić information content (AvgIpc) is 3.24. The van der Waals surface area contributed by atoms with E-state index in [0.717, 1.165) is 46.9 Å². The Kier molecular flexibility index (Phi) is 4.57. The third-order valence-corrected chi connectivity index (χ3v) is 5.07. The number of aromatic nitrogens is 4. The lowest BCUT2D eigenvalue weighted by Crippen LogP contribution is -2.37. The Balaban J connectivity index is 1.70. The average molecular weight is 387 g/mol. The molecule has 0 spiro atoms. The monoisotopic (exact) mass is 387 g/mol. The number of fused-ring (bicyclic) bond motifs is 1. The molecular formula is C22H21N5O2. The minimum atomic E-state index is 0.666. The van der Waals surface area contributed by atoms with Crippen molar-refractivity contribution in [3.8, 4) is 22.8 Å². The molecular weight excluding hydrogens is 366 g/mol. The van der Waals surface area contributed by atoms with Gasteiger partial charge >= 0.3 is 0 Å². The fourth-order valence-electron chi connectivity index (χ4n) is 3.54. The first-order valence-electron chi connectivity index (χ1n) is 9.62. The Hall–Kier alpha value is -3.45. The second-order valence-corrected chi connectivity index (χ2v) is 6.83. The molecule has 146 valence electrons. The topological polar surface area (TPSA) is 65.3 Å². The Morgan fingerprint density at radius 3 is 2.41 bits per heavy atom. The van der Waals surface area contributed by atoms with Gasteiger partial charge in [-0.1, -0.05) is 18.2 Å². The zero-order valence-electron chi connectivity index (χ0n) is 16.2. The molecule has 1 saturated heterocycles. The number of hydrogen-bond donors (Lipinski definition) is 0. The van der Waals surface area contributed by atoms with Crippen molar-refractivity contribution in [2.75, 3.05) is 38.3 Å². The van der Waals surface area contributed by atoms with Gasteiger partial charge in [0.15, 0.2) is 11.5 Å². The third kappa shape index (κ3) is 3.30. The van der Waals surface area contributed by atoms with E-state index in [9.17, 15) is 0 Å². The van der Waals surface area contributed by atoms with Crippen molar-refractivity contribution in [3.63, 3.8) is 0 Å². The number of nitrogens with zero attached hydrogens (tertiary/aromatic N) is 5. The van der Waals surface area contributed by atoms with E-state index in [1.807, 2.05) is 65.5 Å². The largest absolute Gasteiger partial charge is 0.497 e. The number of morpholine rings is 1. The quantitative estimate of drug-likeness (QED) is 0.535. The van der Waals surface area contributed by atoms with Gasteiger partial charge in [0.05, 0.1) is 37.6 Å². The summed E-state index contributed by atoms with van der Waals surface area (Å²) in [6.07, 6.45) is 1.85. The van der Waals surface area contributed by atoms with Crippen molar-refractivity contribution in [2.45, 2.75) is 0 Å². The molecule has 1 aliphatic rings. The molecule has 1 fully saturated rings. The molecule has 7 heteroatoms. The zero-order chi connectivity index (χ0) is 19.6. The highest BCUT2D eigenvalue weighted by atomic mass is 16.5. The molecule has 0 unspecified atom stereocenters. The van der Waals surface area contributed by atoms with Gasteiger partial charge in [0.2, 0.25) is 0 Å². The second-order valence-electron chi connectivity index (χ2n) is 6.83. The standard InChI is InChI=1S/C22H21N5O2/c1-28-18-9-7-16(8-10-18)20-24-21(26-11-13-29-14-12-26)19-15-23-27(22(19)25-20)17-5-3-2-4-6-17/h2-10,15H,11-14H2,1H3. The second kappa shape index (κ2) is 7.52. The van der Waals surface area contributed by atoms with Crippen LogP contribution in [0.25, 0.3) is 28.1 Å². The molecule has 0 N–H and O–H groups in total. The van der Waals surface area contributed by atoms with E-state index in [0.29, 0.717) is 19.0 Å². The van der Waals surface area contributed by atoms with Gasteiger partial charge in [-0.3, -0.25) is 0 Å². The highest BCUT2D eigenvalue weighted by Gasteiger charge is 2.21. The third-order valence-electron chi connectivity index (χ3n) is 5.07. The van der Waals surface area contributed by atoms with E-state index in [4.69, 9.17) is 19.4 Å². The maximum atomic E-state index is 5.53. The Bertz CT molecular complexity index is 1120. The number of methoxy groups -OCH3 is 1. The first-order chi connectivity index (χ1) is 14.3. The van der Waals surface area contributed by atoms with Gasteiger partial charge in [0, 0.05) is 18.7 Å². The van der Waals surface area contributed by atoms with E-state index >= 15 is 0 Å². The summed E-state index contributed by atoms with van der Waals surface area (Å²) in [6, 6.07) is 17.8. The normalized spacial score (nSPS) is 14.3. The molecule has 7 nitrogen and oxygen atoms in total. The number of ether oxygens (including phenoxy) is 2. The molecule has 3 heterocycles. The van der Waals surface area contributed by atoms with Crippen molar-refractivity contribution in [1.29, 1.82) is 0 Å². The van der Waals surface area contributed by atoms with Crippen LogP contribution in [0.3, 0.4) is 0 Å². The molecule has 0 radical (unpaired) electrons. The number of rotatable bonds is 4. The lowest BCUT2D eigenvalue weighted by molar-refractivity contribution is 0.122. The molecule has 2 aromatic heterocycles. The zero-order valence-corrected chi connectivity index (χ0v) is 16.2. The lowest BCUT2D eigenvalue weighted by Gasteiger charge is -2.28. The molecule has 4 aromatic rings. The van der Waals surface area contributed by atoms with Crippen LogP contribution in [0.1, 0.15) is 0 Å². The molecule has 29 heavy (non-hydrogen) atoms. The highest BCUT2D eigenvalue weighted by molar-refractivity contribution is 5.89. The van der Waals surface area contributed by atoms with Crippen LogP contribution in [-0.4, -0.2) is 53.2 Å². The maximum Gasteiger partial charge on any atom is 0.169 e. The van der Waals surface area contributed by atoms with Crippen molar-refractivity contribution in [3.05, 3.63) is 60.8 Å². The van der Waals surface area contributed by atoms with Crippen LogP contribution >= 0.6 is 0 Å². The fraction of sp³-hybridized carbons (Fsp3) is 0.227. The van der Waals surface area contributed by atoms with Crippen molar-refractivity contribution in [2.24, 2.45) is 0 Å². The summed E-state index contributed by atoms with van der Waals surface area (Å²) < 4.78 is 12.7. The van der Waals surface area contributed by atoms with Crippen molar-refractivity contribution in [1.82, 2.24) is 19.7 Å². The predicted octanol–water partition coefficient (Wildman–Crippen LogP) is 3.33. The van der Waals surface area contributed by atoms with Crippen LogP contribution in [0.5, 0.6) is 5.75 Å². The van der Waals surface area contributed by atoms with Crippen LogP contribution in [0.4, 0.5) is 5.82 Å². The summed E-state index contributed by atoms with van der Waals surface area (Å²) in [7, 11) is 1.66. The molecule has 0 bridgehead atoms. The van der Waals surface area contributed by atoms with Gasteiger partial charge in [-0.25, -0.2) is 14.6 Å². The van der Waals surface area contributed by atoms with Gasteiger partial charge in [-0.05, 0) is 36.4 Å². The highest BCUT2D eigenvalue weighted by Crippen LogP contribution is 2.30. The van der Waals surface area contributed by atoms with E-state index in [-0.39, 0.29) is 0 Å². The number of benzene rings is 2. The molecule has 2 aromatic carbocycles. The van der Waals surface area contributed by atoms with Gasteiger partial charge < -0.3 is 14.4 Å². The van der Waals surface area contributed by atoms with Crippen LogP contribution in [-0.2, 0) is 4.74 Å². The number of anilines is 1. The molecule has 5 rings (SSSR count). The molecule has 0 amide bonds. The van der Waals surface area contributed by atoms with E-state index in [1.165, 1.54) is 0 Å². The molecule has 0 atom stereocenters. The van der Waals surface area contributed by atoms with Crippen LogP contribution in [0, 0.1) is 0 Å². The summed E-state index contributed by atoms with van der Waals surface area (Å²) in [5.41, 5.74) is 2.69. The lowest BCUT2D eigenvalue weighted by atomic mass is 10.2.